The van der Waals surface area contributed by atoms with Crippen LogP contribution in [0.2, 0.25) is 0 Å². The number of fused-ring (bicyclic) bond motifs is 1. The van der Waals surface area contributed by atoms with E-state index in [1.807, 2.05) is 6.07 Å². The maximum absolute atomic E-state index is 12.5. The Kier molecular flexibility index (Phi) is 3.87. The second kappa shape index (κ2) is 5.85. The smallest absolute Gasteiger partial charge is 0.433 e. The molecule has 0 amide bonds. The Labute approximate surface area is 129 Å². The number of hydrogen-bond donors (Lipinski definition) is 1. The number of benzene rings is 1. The predicted octanol–water partition coefficient (Wildman–Crippen LogP) is 3.90. The molecule has 7 heteroatoms. The summed E-state index contributed by atoms with van der Waals surface area (Å²) in [5.41, 5.74) is 6.23. The molecule has 0 fully saturated rings. The minimum absolute atomic E-state index is 0.199. The lowest BCUT2D eigenvalue weighted by molar-refractivity contribution is -0.141. The van der Waals surface area contributed by atoms with Gasteiger partial charge in [0.05, 0.1) is 6.20 Å². The third kappa shape index (κ3) is 3.09. The molecule has 23 heavy (non-hydrogen) atoms. The Morgan fingerprint density at radius 1 is 1.04 bits per heavy atom. The van der Waals surface area contributed by atoms with E-state index in [4.69, 9.17) is 10.5 Å². The third-order valence-electron chi connectivity index (χ3n) is 3.30. The summed E-state index contributed by atoms with van der Waals surface area (Å²) in [4.78, 5) is 7.63. The Balaban J connectivity index is 1.96. The average Bonchev–Trinajstić information content (AvgIpc) is 2.55. The highest BCUT2D eigenvalue weighted by atomic mass is 19.4. The van der Waals surface area contributed by atoms with E-state index in [1.165, 1.54) is 6.07 Å². The van der Waals surface area contributed by atoms with Gasteiger partial charge in [0.25, 0.3) is 0 Å². The summed E-state index contributed by atoms with van der Waals surface area (Å²) in [6.07, 6.45) is -1.83. The highest BCUT2D eigenvalue weighted by Gasteiger charge is 2.32. The van der Waals surface area contributed by atoms with E-state index in [0.717, 1.165) is 23.2 Å². The molecular weight excluding hydrogens is 307 g/mol. The number of nitrogens with zero attached hydrogens (tertiary/aromatic N) is 2. The molecule has 0 unspecified atom stereocenters. The van der Waals surface area contributed by atoms with E-state index in [0.29, 0.717) is 17.8 Å². The Morgan fingerprint density at radius 2 is 1.87 bits per heavy atom. The van der Waals surface area contributed by atoms with Gasteiger partial charge in [0, 0.05) is 18.1 Å². The van der Waals surface area contributed by atoms with Crippen LogP contribution in [-0.4, -0.2) is 9.97 Å². The van der Waals surface area contributed by atoms with Crippen LogP contribution in [-0.2, 0) is 12.7 Å². The van der Waals surface area contributed by atoms with Crippen LogP contribution < -0.4 is 10.5 Å². The monoisotopic (exact) mass is 319 g/mol. The first-order valence-corrected chi connectivity index (χ1v) is 6.77. The predicted molar refractivity (Wildman–Crippen MR) is 78.9 cm³/mol. The molecule has 4 nitrogen and oxygen atoms in total. The minimum atomic E-state index is -4.48. The summed E-state index contributed by atoms with van der Waals surface area (Å²) < 4.78 is 43.2. The van der Waals surface area contributed by atoms with E-state index in [9.17, 15) is 13.2 Å². The van der Waals surface area contributed by atoms with Crippen molar-refractivity contribution in [3.63, 3.8) is 0 Å². The molecule has 0 bridgehead atoms. The van der Waals surface area contributed by atoms with Gasteiger partial charge in [-0.1, -0.05) is 12.1 Å². The van der Waals surface area contributed by atoms with Crippen molar-refractivity contribution in [1.29, 1.82) is 0 Å². The van der Waals surface area contributed by atoms with Gasteiger partial charge in [-0.05, 0) is 29.8 Å². The summed E-state index contributed by atoms with van der Waals surface area (Å²) in [6, 6.07) is 9.24. The molecule has 0 aliphatic heterocycles. The zero-order valence-electron chi connectivity index (χ0n) is 11.8. The van der Waals surface area contributed by atoms with Crippen molar-refractivity contribution in [3.8, 4) is 11.5 Å². The number of halogens is 3. The number of rotatable bonds is 3. The van der Waals surface area contributed by atoms with Gasteiger partial charge in [0.1, 0.15) is 17.0 Å². The number of hydrogen-bond acceptors (Lipinski definition) is 4. The van der Waals surface area contributed by atoms with Gasteiger partial charge in [-0.15, -0.1) is 0 Å². The van der Waals surface area contributed by atoms with Gasteiger partial charge < -0.3 is 10.5 Å². The molecule has 0 spiro atoms. The van der Waals surface area contributed by atoms with E-state index >= 15 is 0 Å². The summed E-state index contributed by atoms with van der Waals surface area (Å²) in [5.74, 6) is 0.629. The highest BCUT2D eigenvalue weighted by molar-refractivity contribution is 5.87. The van der Waals surface area contributed by atoms with Crippen LogP contribution >= 0.6 is 0 Å². The van der Waals surface area contributed by atoms with Crippen molar-refractivity contribution in [2.75, 3.05) is 0 Å². The molecule has 0 saturated carbocycles. The second-order valence-corrected chi connectivity index (χ2v) is 4.81. The lowest BCUT2D eigenvalue weighted by atomic mass is 10.1. The van der Waals surface area contributed by atoms with Crippen LogP contribution in [0.25, 0.3) is 10.9 Å². The number of aromatic nitrogens is 2. The summed E-state index contributed by atoms with van der Waals surface area (Å²) in [7, 11) is 0. The molecule has 0 atom stereocenters. The number of alkyl halides is 3. The molecule has 0 saturated heterocycles. The van der Waals surface area contributed by atoms with Gasteiger partial charge in [-0.2, -0.15) is 13.2 Å². The lowest BCUT2D eigenvalue weighted by Crippen LogP contribution is -2.07. The minimum Gasteiger partial charge on any atom is -0.453 e. The van der Waals surface area contributed by atoms with Crippen LogP contribution in [0.4, 0.5) is 13.2 Å². The largest absolute Gasteiger partial charge is 0.453 e. The van der Waals surface area contributed by atoms with E-state index in [1.54, 1.807) is 24.4 Å². The first-order valence-electron chi connectivity index (χ1n) is 6.77. The van der Waals surface area contributed by atoms with E-state index < -0.39 is 11.9 Å². The van der Waals surface area contributed by atoms with Gasteiger partial charge in [0.15, 0.2) is 5.75 Å². The van der Waals surface area contributed by atoms with E-state index in [-0.39, 0.29) is 5.75 Å². The molecule has 1 aromatic carbocycles. The van der Waals surface area contributed by atoms with Crippen molar-refractivity contribution >= 4 is 10.9 Å². The summed E-state index contributed by atoms with van der Waals surface area (Å²) >= 11 is 0. The van der Waals surface area contributed by atoms with Crippen molar-refractivity contribution in [3.05, 3.63) is 60.0 Å². The van der Waals surface area contributed by atoms with Crippen LogP contribution in [0, 0.1) is 0 Å². The Hall–Kier alpha value is -2.67. The standard InChI is InChI=1S/C16H12F3N3O/c17-16(18,19)14-6-4-11(9-22-14)23-13-5-3-10(8-20)12-2-1-7-21-15(12)13/h1-7,9H,8,20H2. The molecule has 0 aliphatic carbocycles. The first-order chi connectivity index (χ1) is 11.0. The van der Waals surface area contributed by atoms with Crippen LogP contribution in [0.3, 0.4) is 0 Å². The van der Waals surface area contributed by atoms with Gasteiger partial charge >= 0.3 is 6.18 Å². The molecule has 3 rings (SSSR count). The number of nitrogens with two attached hydrogens (primary N) is 1. The number of pyridine rings is 2. The van der Waals surface area contributed by atoms with Crippen molar-refractivity contribution in [2.45, 2.75) is 12.7 Å². The fourth-order valence-electron chi connectivity index (χ4n) is 2.20. The molecular formula is C16H12F3N3O. The molecule has 3 aromatic rings. The Morgan fingerprint density at radius 3 is 2.52 bits per heavy atom. The maximum Gasteiger partial charge on any atom is 0.433 e. The van der Waals surface area contributed by atoms with Crippen molar-refractivity contribution in [2.24, 2.45) is 5.73 Å². The van der Waals surface area contributed by atoms with Gasteiger partial charge in [-0.3, -0.25) is 4.98 Å². The molecule has 0 radical (unpaired) electrons. The molecule has 2 heterocycles. The zero-order valence-corrected chi connectivity index (χ0v) is 11.8. The number of ether oxygens (including phenoxy) is 1. The van der Waals surface area contributed by atoms with Crippen molar-refractivity contribution in [1.82, 2.24) is 9.97 Å². The topological polar surface area (TPSA) is 61.0 Å². The zero-order chi connectivity index (χ0) is 16.4. The SMILES string of the molecule is NCc1ccc(Oc2ccc(C(F)(F)F)nc2)c2ncccc12. The van der Waals surface area contributed by atoms with Gasteiger partial charge in [0.2, 0.25) is 0 Å². The van der Waals surface area contributed by atoms with E-state index in [2.05, 4.69) is 9.97 Å². The fraction of sp³-hybridized carbons (Fsp3) is 0.125. The molecule has 118 valence electrons. The lowest BCUT2D eigenvalue weighted by Gasteiger charge is -2.11. The first kappa shape index (κ1) is 15.2. The third-order valence-corrected chi connectivity index (χ3v) is 3.30. The molecule has 0 aliphatic rings. The van der Waals surface area contributed by atoms with Gasteiger partial charge in [-0.25, -0.2) is 4.98 Å². The summed E-state index contributed by atoms with van der Waals surface area (Å²) in [5, 5.41) is 0.840. The maximum atomic E-state index is 12.5. The fourth-order valence-corrected chi connectivity index (χ4v) is 2.20. The normalized spacial score (nSPS) is 11.7. The molecule has 2 aromatic heterocycles. The van der Waals surface area contributed by atoms with Crippen LogP contribution in [0.5, 0.6) is 11.5 Å². The van der Waals surface area contributed by atoms with Crippen molar-refractivity contribution < 1.29 is 17.9 Å². The average molecular weight is 319 g/mol. The van der Waals surface area contributed by atoms with Crippen LogP contribution in [0.1, 0.15) is 11.3 Å². The summed E-state index contributed by atoms with van der Waals surface area (Å²) in [6.45, 7) is 0.351. The quantitative estimate of drug-likeness (QED) is 0.795. The van der Waals surface area contributed by atoms with Crippen LogP contribution in [0.15, 0.2) is 48.8 Å². The second-order valence-electron chi connectivity index (χ2n) is 4.81. The highest BCUT2D eigenvalue weighted by Crippen LogP contribution is 2.32. The molecule has 2 N–H and O–H groups in total. The Bertz CT molecular complexity index is 832.